The van der Waals surface area contributed by atoms with Gasteiger partial charge in [-0.05, 0) is 42.7 Å². The molecule has 2 heterocycles. The minimum absolute atomic E-state index is 0.212. The first-order valence-electron chi connectivity index (χ1n) is 9.64. The maximum Gasteiger partial charge on any atom is 0.251 e. The lowest BCUT2D eigenvalue weighted by molar-refractivity contribution is -0.133. The lowest BCUT2D eigenvalue weighted by atomic mass is 10.0. The molecule has 4 rings (SSSR count). The lowest BCUT2D eigenvalue weighted by Gasteiger charge is -2.19. The van der Waals surface area contributed by atoms with E-state index in [-0.39, 0.29) is 18.1 Å². The second-order valence-corrected chi connectivity index (χ2v) is 7.27. The highest BCUT2D eigenvalue weighted by atomic mass is 16.6. The maximum atomic E-state index is 12.6. The van der Waals surface area contributed by atoms with Crippen molar-refractivity contribution in [2.45, 2.75) is 37.8 Å². The summed E-state index contributed by atoms with van der Waals surface area (Å²) in [5.41, 5.74) is 4.71. The van der Waals surface area contributed by atoms with Crippen molar-refractivity contribution in [2.75, 3.05) is 0 Å². The predicted molar refractivity (Wildman–Crippen MR) is 104 cm³/mol. The molecular formula is C21H22N4O4. The molecule has 1 saturated carbocycles. The molecule has 3 atom stereocenters. The summed E-state index contributed by atoms with van der Waals surface area (Å²) >= 11 is 0. The van der Waals surface area contributed by atoms with Gasteiger partial charge in [-0.3, -0.25) is 19.8 Å². The third-order valence-corrected chi connectivity index (χ3v) is 5.45. The highest BCUT2D eigenvalue weighted by Crippen LogP contribution is 2.29. The third kappa shape index (κ3) is 4.12. The molecule has 1 aliphatic heterocycles. The minimum Gasteiger partial charge on any atom is -0.387 e. The summed E-state index contributed by atoms with van der Waals surface area (Å²) in [7, 11) is 0. The summed E-state index contributed by atoms with van der Waals surface area (Å²) in [5, 5.41) is 15.9. The molecule has 2 aliphatic rings. The maximum absolute atomic E-state index is 12.6. The van der Waals surface area contributed by atoms with Crippen LogP contribution in [-0.2, 0) is 9.63 Å². The molecule has 0 saturated heterocycles. The van der Waals surface area contributed by atoms with Crippen LogP contribution in [0.2, 0.25) is 0 Å². The molecule has 2 aromatic rings. The van der Waals surface area contributed by atoms with Gasteiger partial charge < -0.3 is 10.2 Å². The monoisotopic (exact) mass is 394 g/mol. The van der Waals surface area contributed by atoms with Gasteiger partial charge in [-0.2, -0.15) is 0 Å². The number of rotatable bonds is 5. The fraction of sp³-hybridized carbons (Fsp3) is 0.333. The summed E-state index contributed by atoms with van der Waals surface area (Å²) in [4.78, 5) is 34.1. The standard InChI is InChI=1S/C21H22N4O4/c26-20(23-16-6-3-4-15(16)21(27)24-28)14-9-7-13(8-10-14)19-12-18(25-29-19)17-5-1-2-11-22-17/h1-2,5,7-11,15-16,19,28H,3-4,6,12H2,(H,23,26)(H,24,27)/t15-,16+,19?/m1/s1. The van der Waals surface area contributed by atoms with E-state index in [2.05, 4.69) is 15.5 Å². The van der Waals surface area contributed by atoms with Crippen molar-refractivity contribution in [3.63, 3.8) is 0 Å². The Morgan fingerprint density at radius 1 is 1.10 bits per heavy atom. The quantitative estimate of drug-likeness (QED) is 0.532. The zero-order valence-electron chi connectivity index (χ0n) is 15.7. The number of aromatic nitrogens is 1. The van der Waals surface area contributed by atoms with Crippen LogP contribution in [0.15, 0.2) is 53.8 Å². The molecule has 150 valence electrons. The normalized spacial score (nSPS) is 23.2. The Bertz CT molecular complexity index is 914. The van der Waals surface area contributed by atoms with E-state index in [1.807, 2.05) is 30.3 Å². The van der Waals surface area contributed by atoms with E-state index in [1.165, 1.54) is 0 Å². The van der Waals surface area contributed by atoms with Crippen LogP contribution in [0.25, 0.3) is 0 Å². The summed E-state index contributed by atoms with van der Waals surface area (Å²) in [6.07, 6.45) is 4.32. The van der Waals surface area contributed by atoms with Crippen LogP contribution in [0, 0.1) is 5.92 Å². The fourth-order valence-electron chi connectivity index (χ4n) is 3.87. The van der Waals surface area contributed by atoms with E-state index in [1.54, 1.807) is 23.8 Å². The van der Waals surface area contributed by atoms with Gasteiger partial charge in [0.2, 0.25) is 5.91 Å². The van der Waals surface area contributed by atoms with Crippen molar-refractivity contribution in [3.8, 4) is 0 Å². The first kappa shape index (κ1) is 19.1. The van der Waals surface area contributed by atoms with Crippen molar-refractivity contribution in [1.82, 2.24) is 15.8 Å². The van der Waals surface area contributed by atoms with Crippen LogP contribution >= 0.6 is 0 Å². The number of nitrogens with zero attached hydrogens (tertiary/aromatic N) is 2. The van der Waals surface area contributed by atoms with Crippen LogP contribution in [0.5, 0.6) is 0 Å². The number of oxime groups is 1. The summed E-state index contributed by atoms with van der Waals surface area (Å²) < 4.78 is 0. The molecule has 1 fully saturated rings. The largest absolute Gasteiger partial charge is 0.387 e. The topological polar surface area (TPSA) is 113 Å². The second-order valence-electron chi connectivity index (χ2n) is 7.27. The highest BCUT2D eigenvalue weighted by Gasteiger charge is 2.34. The van der Waals surface area contributed by atoms with Crippen molar-refractivity contribution in [2.24, 2.45) is 11.1 Å². The molecule has 8 heteroatoms. The van der Waals surface area contributed by atoms with Gasteiger partial charge in [0.1, 0.15) is 5.71 Å². The molecule has 3 N–H and O–H groups in total. The van der Waals surface area contributed by atoms with E-state index in [4.69, 9.17) is 10.0 Å². The van der Waals surface area contributed by atoms with Crippen LogP contribution in [0.1, 0.15) is 53.4 Å². The van der Waals surface area contributed by atoms with E-state index in [0.29, 0.717) is 24.8 Å². The smallest absolute Gasteiger partial charge is 0.251 e. The first-order valence-corrected chi connectivity index (χ1v) is 9.64. The number of carbonyl (C=O) groups excluding carboxylic acids is 2. The molecule has 8 nitrogen and oxygen atoms in total. The van der Waals surface area contributed by atoms with Crippen molar-refractivity contribution >= 4 is 17.5 Å². The third-order valence-electron chi connectivity index (χ3n) is 5.45. The zero-order valence-corrected chi connectivity index (χ0v) is 15.7. The number of benzene rings is 1. The number of hydroxylamine groups is 1. The van der Waals surface area contributed by atoms with Crippen LogP contribution < -0.4 is 10.8 Å². The molecule has 2 amide bonds. The van der Waals surface area contributed by atoms with Crippen molar-refractivity contribution in [1.29, 1.82) is 0 Å². The van der Waals surface area contributed by atoms with Crippen molar-refractivity contribution in [3.05, 3.63) is 65.5 Å². The van der Waals surface area contributed by atoms with Gasteiger partial charge in [0.05, 0.1) is 11.6 Å². The van der Waals surface area contributed by atoms with Gasteiger partial charge >= 0.3 is 0 Å². The molecule has 0 radical (unpaired) electrons. The van der Waals surface area contributed by atoms with Crippen LogP contribution in [0.4, 0.5) is 0 Å². The average Bonchev–Trinajstić information content (AvgIpc) is 3.44. The Morgan fingerprint density at radius 2 is 1.93 bits per heavy atom. The molecular weight excluding hydrogens is 372 g/mol. The predicted octanol–water partition coefficient (Wildman–Crippen LogP) is 2.35. The SMILES string of the molecule is O=C(N[C@H]1CCC[C@H]1C(=O)NO)c1ccc(C2CC(c3ccccn3)=NO2)cc1. The van der Waals surface area contributed by atoms with Crippen molar-refractivity contribution < 1.29 is 19.6 Å². The molecule has 0 bridgehead atoms. The van der Waals surface area contributed by atoms with Gasteiger partial charge in [-0.25, -0.2) is 5.48 Å². The number of pyridine rings is 1. The number of amides is 2. The molecule has 1 unspecified atom stereocenters. The minimum atomic E-state index is -0.453. The number of carbonyl (C=O) groups is 2. The Hall–Kier alpha value is -3.26. The number of nitrogens with one attached hydrogen (secondary N) is 2. The van der Waals surface area contributed by atoms with Gasteiger partial charge in [0.25, 0.3) is 5.91 Å². The Balaban J connectivity index is 1.37. The zero-order chi connectivity index (χ0) is 20.2. The number of hydrogen-bond donors (Lipinski definition) is 3. The highest BCUT2D eigenvalue weighted by molar-refractivity contribution is 5.99. The lowest BCUT2D eigenvalue weighted by Crippen LogP contribution is -2.43. The van der Waals surface area contributed by atoms with Gasteiger partial charge in [0, 0.05) is 24.2 Å². The number of hydrogen-bond acceptors (Lipinski definition) is 6. The Labute approximate surface area is 167 Å². The molecule has 1 aromatic heterocycles. The van der Waals surface area contributed by atoms with Gasteiger partial charge in [-0.15, -0.1) is 0 Å². The summed E-state index contributed by atoms with van der Waals surface area (Å²) in [5.74, 6) is -1.10. The summed E-state index contributed by atoms with van der Waals surface area (Å²) in [6, 6.07) is 12.6. The first-order chi connectivity index (χ1) is 14.2. The van der Waals surface area contributed by atoms with Gasteiger partial charge in [0.15, 0.2) is 6.10 Å². The van der Waals surface area contributed by atoms with Crippen LogP contribution in [-0.4, -0.2) is 33.8 Å². The molecule has 29 heavy (non-hydrogen) atoms. The van der Waals surface area contributed by atoms with Crippen LogP contribution in [0.3, 0.4) is 0 Å². The average molecular weight is 394 g/mol. The van der Waals surface area contributed by atoms with E-state index in [0.717, 1.165) is 23.4 Å². The molecule has 0 spiro atoms. The fourth-order valence-corrected chi connectivity index (χ4v) is 3.87. The Morgan fingerprint density at radius 3 is 2.66 bits per heavy atom. The second kappa shape index (κ2) is 8.40. The van der Waals surface area contributed by atoms with E-state index >= 15 is 0 Å². The molecule has 1 aliphatic carbocycles. The van der Waals surface area contributed by atoms with Gasteiger partial charge in [-0.1, -0.05) is 29.8 Å². The Kier molecular flexibility index (Phi) is 5.53. The van der Waals surface area contributed by atoms with E-state index < -0.39 is 11.8 Å². The molecule has 1 aromatic carbocycles. The summed E-state index contributed by atoms with van der Waals surface area (Å²) in [6.45, 7) is 0. The van der Waals surface area contributed by atoms with E-state index in [9.17, 15) is 9.59 Å².